The average Bonchev–Trinajstić information content (AvgIpc) is 2.27. The summed E-state index contributed by atoms with van der Waals surface area (Å²) in [6.07, 6.45) is -4.09. The molecule has 1 amide bonds. The van der Waals surface area contributed by atoms with Crippen LogP contribution in [0.25, 0.3) is 0 Å². The van der Waals surface area contributed by atoms with Crippen LogP contribution >= 0.6 is 23.2 Å². The summed E-state index contributed by atoms with van der Waals surface area (Å²) in [5, 5.41) is 2.16. The molecular weight excluding hydrogens is 290 g/mol. The lowest BCUT2D eigenvalue weighted by Crippen LogP contribution is -2.16. The van der Waals surface area contributed by atoms with Gasteiger partial charge in [0.15, 0.2) is 0 Å². The number of carbonyl (C=O) groups is 1. The number of nitrogens with one attached hydrogen (secondary N) is 1. The van der Waals surface area contributed by atoms with Gasteiger partial charge in [-0.2, -0.15) is 13.2 Å². The van der Waals surface area contributed by atoms with E-state index in [0.29, 0.717) is 6.42 Å². The minimum atomic E-state index is -4.57. The van der Waals surface area contributed by atoms with Gasteiger partial charge in [0.05, 0.1) is 11.3 Å². The highest BCUT2D eigenvalue weighted by molar-refractivity contribution is 6.30. The summed E-state index contributed by atoms with van der Waals surface area (Å²) >= 11 is 10.9. The lowest BCUT2D eigenvalue weighted by atomic mass is 10.1. The molecule has 0 saturated heterocycles. The number of anilines is 1. The van der Waals surface area contributed by atoms with Crippen LogP contribution in [0.3, 0.4) is 0 Å². The number of hydrogen-bond donors (Lipinski definition) is 1. The number of halogens is 5. The van der Waals surface area contributed by atoms with E-state index < -0.39 is 17.6 Å². The highest BCUT2D eigenvalue weighted by Gasteiger charge is 2.34. The first-order chi connectivity index (χ1) is 8.34. The van der Waals surface area contributed by atoms with Crippen molar-refractivity contribution in [1.29, 1.82) is 0 Å². The van der Waals surface area contributed by atoms with Crippen molar-refractivity contribution in [2.45, 2.75) is 19.0 Å². The Bertz CT molecular complexity index is 435. The highest BCUT2D eigenvalue weighted by Crippen LogP contribution is 2.36. The van der Waals surface area contributed by atoms with Gasteiger partial charge >= 0.3 is 6.18 Å². The predicted molar refractivity (Wildman–Crippen MR) is 65.0 cm³/mol. The normalized spacial score (nSPS) is 11.4. The third kappa shape index (κ3) is 4.38. The molecule has 18 heavy (non-hydrogen) atoms. The average molecular weight is 300 g/mol. The summed E-state index contributed by atoms with van der Waals surface area (Å²) in [7, 11) is 0. The molecule has 0 aliphatic rings. The second-order valence-electron chi connectivity index (χ2n) is 3.53. The van der Waals surface area contributed by atoms with Crippen LogP contribution in [0.5, 0.6) is 0 Å². The minimum absolute atomic E-state index is 0.0407. The zero-order chi connectivity index (χ0) is 13.8. The fourth-order valence-electron chi connectivity index (χ4n) is 1.30. The SMILES string of the molecule is O=C(CCCCl)Nc1ccc(Cl)cc1C(F)(F)F. The van der Waals surface area contributed by atoms with Gasteiger partial charge in [0.2, 0.25) is 5.91 Å². The van der Waals surface area contributed by atoms with Gasteiger partial charge in [-0.05, 0) is 24.6 Å². The number of alkyl halides is 4. The van der Waals surface area contributed by atoms with Gasteiger partial charge in [0.1, 0.15) is 0 Å². The molecular formula is C11H10Cl2F3NO. The summed E-state index contributed by atoms with van der Waals surface area (Å²) in [5.74, 6) is -0.233. The van der Waals surface area contributed by atoms with E-state index in [0.717, 1.165) is 12.1 Å². The van der Waals surface area contributed by atoms with Crippen LogP contribution in [-0.4, -0.2) is 11.8 Å². The monoisotopic (exact) mass is 299 g/mol. The maximum absolute atomic E-state index is 12.7. The summed E-state index contributed by atoms with van der Waals surface area (Å²) in [4.78, 5) is 11.4. The molecule has 100 valence electrons. The van der Waals surface area contributed by atoms with E-state index in [9.17, 15) is 18.0 Å². The number of carbonyl (C=O) groups excluding carboxylic acids is 1. The largest absolute Gasteiger partial charge is 0.418 e. The lowest BCUT2D eigenvalue weighted by molar-refractivity contribution is -0.137. The molecule has 0 fully saturated rings. The van der Waals surface area contributed by atoms with Crippen LogP contribution in [0.1, 0.15) is 18.4 Å². The van der Waals surface area contributed by atoms with Gasteiger partial charge in [0.25, 0.3) is 0 Å². The van der Waals surface area contributed by atoms with Gasteiger partial charge in [-0.15, -0.1) is 11.6 Å². The van der Waals surface area contributed by atoms with E-state index in [1.165, 1.54) is 6.07 Å². The van der Waals surface area contributed by atoms with E-state index in [1.807, 2.05) is 0 Å². The standard InChI is InChI=1S/C11H10Cl2F3NO/c12-5-1-2-10(18)17-9-4-3-7(13)6-8(9)11(14,15)16/h3-4,6H,1-2,5H2,(H,17,18). The van der Waals surface area contributed by atoms with Crippen LogP contribution in [0.15, 0.2) is 18.2 Å². The van der Waals surface area contributed by atoms with Crippen molar-refractivity contribution in [2.75, 3.05) is 11.2 Å². The molecule has 1 aromatic rings. The molecule has 0 bridgehead atoms. The Labute approximate surface area is 112 Å². The molecule has 0 aliphatic heterocycles. The summed E-state index contributed by atoms with van der Waals surface area (Å²) in [6, 6.07) is 3.19. The number of benzene rings is 1. The predicted octanol–water partition coefficient (Wildman–Crippen LogP) is 4.32. The molecule has 0 aliphatic carbocycles. The first-order valence-electron chi connectivity index (χ1n) is 5.07. The topological polar surface area (TPSA) is 29.1 Å². The smallest absolute Gasteiger partial charge is 0.326 e. The molecule has 1 aromatic carbocycles. The third-order valence-electron chi connectivity index (χ3n) is 2.10. The molecule has 0 unspecified atom stereocenters. The van der Waals surface area contributed by atoms with Crippen molar-refractivity contribution in [3.8, 4) is 0 Å². The molecule has 7 heteroatoms. The fraction of sp³-hybridized carbons (Fsp3) is 0.364. The fourth-order valence-corrected chi connectivity index (χ4v) is 1.61. The Morgan fingerprint density at radius 1 is 1.33 bits per heavy atom. The van der Waals surface area contributed by atoms with Crippen molar-refractivity contribution >= 4 is 34.8 Å². The maximum Gasteiger partial charge on any atom is 0.418 e. The Morgan fingerprint density at radius 3 is 2.56 bits per heavy atom. The third-order valence-corrected chi connectivity index (χ3v) is 2.60. The molecule has 1 N–H and O–H groups in total. The minimum Gasteiger partial charge on any atom is -0.326 e. The molecule has 0 spiro atoms. The number of rotatable bonds is 4. The van der Waals surface area contributed by atoms with Gasteiger partial charge in [-0.1, -0.05) is 11.6 Å². The summed E-state index contributed by atoms with van der Waals surface area (Å²) in [6.45, 7) is 0. The second-order valence-corrected chi connectivity index (χ2v) is 4.34. The van der Waals surface area contributed by atoms with E-state index in [4.69, 9.17) is 23.2 Å². The Morgan fingerprint density at radius 2 is 2.00 bits per heavy atom. The Balaban J connectivity index is 2.92. The first kappa shape index (κ1) is 15.1. The molecule has 0 radical (unpaired) electrons. The van der Waals surface area contributed by atoms with Crippen LogP contribution in [0.4, 0.5) is 18.9 Å². The van der Waals surface area contributed by atoms with Crippen molar-refractivity contribution in [1.82, 2.24) is 0 Å². The van der Waals surface area contributed by atoms with Gasteiger partial charge < -0.3 is 5.32 Å². The molecule has 0 heterocycles. The summed E-state index contributed by atoms with van der Waals surface area (Å²) in [5.41, 5.74) is -1.26. The molecule has 0 atom stereocenters. The van der Waals surface area contributed by atoms with Crippen molar-refractivity contribution in [3.05, 3.63) is 28.8 Å². The quantitative estimate of drug-likeness (QED) is 0.825. The molecule has 2 nitrogen and oxygen atoms in total. The van der Waals surface area contributed by atoms with Gasteiger partial charge in [-0.3, -0.25) is 4.79 Å². The van der Waals surface area contributed by atoms with Crippen molar-refractivity contribution in [3.63, 3.8) is 0 Å². The molecule has 1 rings (SSSR count). The van der Waals surface area contributed by atoms with E-state index in [1.54, 1.807) is 0 Å². The molecule has 0 saturated carbocycles. The van der Waals surface area contributed by atoms with E-state index in [2.05, 4.69) is 5.32 Å². The van der Waals surface area contributed by atoms with E-state index >= 15 is 0 Å². The van der Waals surface area contributed by atoms with Crippen molar-refractivity contribution < 1.29 is 18.0 Å². The van der Waals surface area contributed by atoms with Crippen LogP contribution in [0.2, 0.25) is 5.02 Å². The lowest BCUT2D eigenvalue weighted by Gasteiger charge is -2.14. The van der Waals surface area contributed by atoms with Gasteiger partial charge in [0, 0.05) is 17.3 Å². The first-order valence-corrected chi connectivity index (χ1v) is 5.98. The zero-order valence-corrected chi connectivity index (χ0v) is 10.7. The summed E-state index contributed by atoms with van der Waals surface area (Å²) < 4.78 is 38.1. The van der Waals surface area contributed by atoms with Gasteiger partial charge in [-0.25, -0.2) is 0 Å². The van der Waals surface area contributed by atoms with Crippen LogP contribution < -0.4 is 5.32 Å². The Hall–Kier alpha value is -0.940. The van der Waals surface area contributed by atoms with Crippen molar-refractivity contribution in [2.24, 2.45) is 0 Å². The van der Waals surface area contributed by atoms with Crippen LogP contribution in [0, 0.1) is 0 Å². The number of hydrogen-bond acceptors (Lipinski definition) is 1. The van der Waals surface area contributed by atoms with Crippen LogP contribution in [-0.2, 0) is 11.0 Å². The number of amides is 1. The highest BCUT2D eigenvalue weighted by atomic mass is 35.5. The zero-order valence-electron chi connectivity index (χ0n) is 9.15. The van der Waals surface area contributed by atoms with E-state index in [-0.39, 0.29) is 23.0 Å². The Kier molecular flexibility index (Phi) is 5.28. The second kappa shape index (κ2) is 6.29. The molecule has 0 aromatic heterocycles. The maximum atomic E-state index is 12.7.